The second kappa shape index (κ2) is 13.9. The highest BCUT2D eigenvalue weighted by Crippen LogP contribution is 2.02. The van der Waals surface area contributed by atoms with Crippen LogP contribution in [0.4, 0.5) is 0 Å². The zero-order chi connectivity index (χ0) is 19.1. The largest absolute Gasteiger partial charge is 0.473 e. The summed E-state index contributed by atoms with van der Waals surface area (Å²) in [4.78, 5) is 52.0. The number of amides is 1. The van der Waals surface area contributed by atoms with Gasteiger partial charge in [-0.1, -0.05) is 0 Å². The van der Waals surface area contributed by atoms with E-state index in [1.54, 1.807) is 13.8 Å². The Kier molecular flexibility index (Phi) is 13.7. The molecule has 0 aromatic heterocycles. The Hall–Kier alpha value is -2.69. The average molecular weight is 350 g/mol. The van der Waals surface area contributed by atoms with Crippen LogP contribution < -0.4 is 11.1 Å². The van der Waals surface area contributed by atoms with E-state index in [9.17, 15) is 14.4 Å². The number of carbonyl (C=O) groups is 5. The topological polar surface area (TPSA) is 182 Å². The van der Waals surface area contributed by atoms with Gasteiger partial charge in [0.15, 0.2) is 0 Å². The van der Waals surface area contributed by atoms with Crippen molar-refractivity contribution in [3.63, 3.8) is 0 Å². The van der Waals surface area contributed by atoms with Crippen LogP contribution >= 0.6 is 0 Å². The molecule has 0 heterocycles. The summed E-state index contributed by atoms with van der Waals surface area (Å²) in [5, 5.41) is 17.2. The second-order valence-corrected chi connectivity index (χ2v) is 4.03. The van der Waals surface area contributed by atoms with Gasteiger partial charge in [0, 0.05) is 6.42 Å². The van der Waals surface area contributed by atoms with Crippen molar-refractivity contribution in [2.45, 2.75) is 32.7 Å². The monoisotopic (exact) mass is 350 g/mol. The number of carboxylic acid groups (broad SMARTS) is 2. The number of esters is 2. The van der Waals surface area contributed by atoms with E-state index in [0.29, 0.717) is 0 Å². The van der Waals surface area contributed by atoms with Crippen molar-refractivity contribution in [2.24, 2.45) is 5.73 Å². The lowest BCUT2D eigenvalue weighted by Crippen LogP contribution is -2.44. The van der Waals surface area contributed by atoms with Crippen LogP contribution in [-0.2, 0) is 33.4 Å². The Bertz CT molecular complexity index is 439. The maximum atomic E-state index is 11.5. The fourth-order valence-corrected chi connectivity index (χ4v) is 1.24. The first-order valence-corrected chi connectivity index (χ1v) is 6.97. The van der Waals surface area contributed by atoms with Crippen molar-refractivity contribution in [2.75, 3.05) is 19.8 Å². The lowest BCUT2D eigenvalue weighted by molar-refractivity contribution is -0.159. The van der Waals surface area contributed by atoms with E-state index in [4.69, 9.17) is 35.0 Å². The van der Waals surface area contributed by atoms with Crippen molar-refractivity contribution >= 4 is 29.8 Å². The zero-order valence-corrected chi connectivity index (χ0v) is 13.4. The third-order valence-corrected chi connectivity index (χ3v) is 2.22. The van der Waals surface area contributed by atoms with Crippen LogP contribution in [0.5, 0.6) is 0 Å². The first kappa shape index (κ1) is 23.6. The van der Waals surface area contributed by atoms with Gasteiger partial charge in [-0.05, 0) is 20.3 Å². The molecule has 0 spiro atoms. The maximum Gasteiger partial charge on any atom is 0.414 e. The summed E-state index contributed by atoms with van der Waals surface area (Å²) in [6.45, 7) is 3.60. The molecule has 0 aliphatic carbocycles. The number of nitrogens with two attached hydrogens (primary N) is 1. The summed E-state index contributed by atoms with van der Waals surface area (Å²) < 4.78 is 9.53. The molecule has 0 radical (unpaired) electrons. The Balaban J connectivity index is 0. The molecule has 0 aromatic rings. The third-order valence-electron chi connectivity index (χ3n) is 2.22. The molecule has 11 nitrogen and oxygen atoms in total. The van der Waals surface area contributed by atoms with Gasteiger partial charge >= 0.3 is 23.9 Å². The molecule has 5 N–H and O–H groups in total. The standard InChI is InChI=1S/C11H20N2O5.C2H2O4/c1-3-17-10(15)6-5-8(11(16)18-4-2)13-9(14)7-12;3-1(4)2(5)6/h8H,3-7,12H2,1-2H3,(H,13,14);(H,3,4)(H,5,6)/t8-;/m0./s1. The zero-order valence-electron chi connectivity index (χ0n) is 13.4. The molecule has 0 fully saturated rings. The lowest BCUT2D eigenvalue weighted by atomic mass is 10.1. The van der Waals surface area contributed by atoms with Crippen molar-refractivity contribution in [3.8, 4) is 0 Å². The van der Waals surface area contributed by atoms with Gasteiger partial charge in [-0.2, -0.15) is 0 Å². The Morgan fingerprint density at radius 2 is 1.50 bits per heavy atom. The highest BCUT2D eigenvalue weighted by molar-refractivity contribution is 6.27. The molecule has 0 aromatic carbocycles. The predicted molar refractivity (Wildman–Crippen MR) is 78.8 cm³/mol. The van der Waals surface area contributed by atoms with Crippen LogP contribution in [0.3, 0.4) is 0 Å². The van der Waals surface area contributed by atoms with Gasteiger partial charge in [0.25, 0.3) is 0 Å². The molecule has 0 aliphatic rings. The molecule has 0 saturated carbocycles. The summed E-state index contributed by atoms with van der Waals surface area (Å²) in [7, 11) is 0. The van der Waals surface area contributed by atoms with Crippen LogP contribution in [0.25, 0.3) is 0 Å². The van der Waals surface area contributed by atoms with E-state index >= 15 is 0 Å². The Morgan fingerprint density at radius 3 is 1.88 bits per heavy atom. The predicted octanol–water partition coefficient (Wildman–Crippen LogP) is -1.51. The summed E-state index contributed by atoms with van der Waals surface area (Å²) >= 11 is 0. The van der Waals surface area contributed by atoms with Crippen LogP contribution in [0.1, 0.15) is 26.7 Å². The molecule has 0 rings (SSSR count). The highest BCUT2D eigenvalue weighted by atomic mass is 16.5. The van der Waals surface area contributed by atoms with E-state index in [1.165, 1.54) is 0 Å². The minimum Gasteiger partial charge on any atom is -0.473 e. The number of carbonyl (C=O) groups excluding carboxylic acids is 3. The number of hydrogen-bond acceptors (Lipinski definition) is 8. The summed E-state index contributed by atoms with van der Waals surface area (Å²) in [5.74, 6) is -5.13. The summed E-state index contributed by atoms with van der Waals surface area (Å²) in [6.07, 6.45) is 0.158. The number of rotatable bonds is 8. The molecule has 11 heteroatoms. The number of nitrogens with one attached hydrogen (secondary N) is 1. The van der Waals surface area contributed by atoms with Crippen LogP contribution in [-0.4, -0.2) is 65.8 Å². The summed E-state index contributed by atoms with van der Waals surface area (Å²) in [6, 6.07) is -0.870. The maximum absolute atomic E-state index is 11.5. The van der Waals surface area contributed by atoms with E-state index in [0.717, 1.165) is 0 Å². The van der Waals surface area contributed by atoms with E-state index in [2.05, 4.69) is 5.32 Å². The van der Waals surface area contributed by atoms with Gasteiger partial charge in [-0.25, -0.2) is 14.4 Å². The van der Waals surface area contributed by atoms with Gasteiger partial charge in [0.1, 0.15) is 6.04 Å². The van der Waals surface area contributed by atoms with Crippen molar-refractivity contribution in [3.05, 3.63) is 0 Å². The van der Waals surface area contributed by atoms with Crippen molar-refractivity contribution < 1.29 is 43.7 Å². The van der Waals surface area contributed by atoms with Gasteiger partial charge in [-0.15, -0.1) is 0 Å². The molecule has 1 amide bonds. The second-order valence-electron chi connectivity index (χ2n) is 4.03. The molecular weight excluding hydrogens is 328 g/mol. The minimum absolute atomic E-state index is 0.0299. The average Bonchev–Trinajstić information content (AvgIpc) is 2.52. The molecule has 0 saturated heterocycles. The lowest BCUT2D eigenvalue weighted by Gasteiger charge is -2.16. The molecule has 138 valence electrons. The van der Waals surface area contributed by atoms with Crippen molar-refractivity contribution in [1.29, 1.82) is 0 Å². The van der Waals surface area contributed by atoms with Gasteiger partial charge in [0.2, 0.25) is 5.91 Å². The van der Waals surface area contributed by atoms with Gasteiger partial charge in [-0.3, -0.25) is 9.59 Å². The number of hydrogen-bond donors (Lipinski definition) is 4. The Morgan fingerprint density at radius 1 is 1.00 bits per heavy atom. The quantitative estimate of drug-likeness (QED) is 0.296. The third kappa shape index (κ3) is 13.0. The van der Waals surface area contributed by atoms with Crippen LogP contribution in [0, 0.1) is 0 Å². The number of ether oxygens (including phenoxy) is 2. The highest BCUT2D eigenvalue weighted by Gasteiger charge is 2.22. The first-order chi connectivity index (χ1) is 11.2. The van der Waals surface area contributed by atoms with Crippen molar-refractivity contribution in [1.82, 2.24) is 5.32 Å². The summed E-state index contributed by atoms with van der Waals surface area (Å²) in [5.41, 5.74) is 5.14. The number of carboxylic acids is 2. The SMILES string of the molecule is CCOC(=O)CC[C@H](NC(=O)CN)C(=O)OCC.O=C(O)C(=O)O. The van der Waals surface area contributed by atoms with Crippen LogP contribution in [0.2, 0.25) is 0 Å². The molecule has 0 aliphatic heterocycles. The normalized spacial score (nSPS) is 10.5. The fraction of sp³-hybridized carbons (Fsp3) is 0.615. The minimum atomic E-state index is -1.82. The molecule has 24 heavy (non-hydrogen) atoms. The molecule has 0 bridgehead atoms. The van der Waals surface area contributed by atoms with Crippen LogP contribution in [0.15, 0.2) is 0 Å². The molecular formula is C13H22N2O9. The van der Waals surface area contributed by atoms with E-state index in [1.807, 2.05) is 0 Å². The van der Waals surface area contributed by atoms with E-state index in [-0.39, 0.29) is 32.6 Å². The smallest absolute Gasteiger partial charge is 0.414 e. The fourth-order valence-electron chi connectivity index (χ4n) is 1.24. The first-order valence-electron chi connectivity index (χ1n) is 6.97. The Labute approximate surface area is 138 Å². The number of aliphatic carboxylic acids is 2. The van der Waals surface area contributed by atoms with Gasteiger partial charge < -0.3 is 30.7 Å². The molecule has 1 atom stereocenters. The van der Waals surface area contributed by atoms with E-state index < -0.39 is 35.8 Å². The van der Waals surface area contributed by atoms with Gasteiger partial charge in [0.05, 0.1) is 19.8 Å². The molecule has 0 unspecified atom stereocenters.